The smallest absolute Gasteiger partial charge is 0.141 e. The molecule has 0 unspecified atom stereocenters. The maximum Gasteiger partial charge on any atom is 0.141 e. The molecule has 2 nitrogen and oxygen atoms in total. The van der Waals surface area contributed by atoms with Crippen LogP contribution in [0.4, 0.5) is 10.1 Å². The second kappa shape index (κ2) is 9.01. The van der Waals surface area contributed by atoms with Crippen LogP contribution in [-0.2, 0) is 0 Å². The van der Waals surface area contributed by atoms with Crippen LogP contribution in [-0.4, -0.2) is 5.11 Å². The lowest BCUT2D eigenvalue weighted by atomic mass is 10.2. The van der Waals surface area contributed by atoms with Gasteiger partial charge in [0.1, 0.15) is 11.6 Å². The molecule has 0 aliphatic heterocycles. The second-order valence-electron chi connectivity index (χ2n) is 3.76. The van der Waals surface area contributed by atoms with Gasteiger partial charge in [0, 0.05) is 6.07 Å². The number of hydrogen-bond donors (Lipinski definition) is 2. The van der Waals surface area contributed by atoms with Crippen molar-refractivity contribution < 1.29 is 9.50 Å². The van der Waals surface area contributed by atoms with Gasteiger partial charge in [-0.15, -0.1) is 0 Å². The monoisotopic (exact) mass is 227 g/mol. The molecule has 1 aromatic carbocycles. The van der Waals surface area contributed by atoms with Crippen LogP contribution in [0.1, 0.15) is 46.0 Å². The summed E-state index contributed by atoms with van der Waals surface area (Å²) < 4.78 is 12.1. The highest BCUT2D eigenvalue weighted by atomic mass is 19.1. The first kappa shape index (κ1) is 14.8. The number of anilines is 1. The second-order valence-corrected chi connectivity index (χ2v) is 3.76. The Labute approximate surface area is 97.3 Å². The molecule has 16 heavy (non-hydrogen) atoms. The first-order valence-electron chi connectivity index (χ1n) is 5.85. The number of nitrogens with two attached hydrogens (primary N) is 1. The topological polar surface area (TPSA) is 46.2 Å². The van der Waals surface area contributed by atoms with E-state index < -0.39 is 5.82 Å². The van der Waals surface area contributed by atoms with Crippen LogP contribution in [0.25, 0.3) is 0 Å². The number of aromatic hydroxyl groups is 1. The summed E-state index contributed by atoms with van der Waals surface area (Å²) in [4.78, 5) is 0. The summed E-state index contributed by atoms with van der Waals surface area (Å²) in [6.45, 7) is 4.49. The normalized spacial score (nSPS) is 9.44. The predicted molar refractivity (Wildman–Crippen MR) is 66.9 cm³/mol. The number of benzene rings is 1. The zero-order valence-corrected chi connectivity index (χ0v) is 10.2. The average molecular weight is 227 g/mol. The van der Waals surface area contributed by atoms with Crippen LogP contribution in [0.5, 0.6) is 5.75 Å². The molecule has 0 amide bonds. The third kappa shape index (κ3) is 7.10. The summed E-state index contributed by atoms with van der Waals surface area (Å²) in [5.74, 6) is -0.697. The van der Waals surface area contributed by atoms with Gasteiger partial charge in [-0.05, 0) is 12.1 Å². The van der Waals surface area contributed by atoms with Gasteiger partial charge < -0.3 is 10.8 Å². The molecule has 1 aromatic rings. The molecule has 0 bridgehead atoms. The highest BCUT2D eigenvalue weighted by Gasteiger charge is 1.95. The quantitative estimate of drug-likeness (QED) is 0.462. The van der Waals surface area contributed by atoms with Crippen molar-refractivity contribution in [2.24, 2.45) is 0 Å². The third-order valence-corrected chi connectivity index (χ3v) is 2.20. The number of unbranched alkanes of at least 4 members (excludes halogenated alkanes) is 4. The molecule has 0 heterocycles. The minimum Gasteiger partial charge on any atom is -0.506 e. The highest BCUT2D eigenvalue weighted by molar-refractivity contribution is 5.50. The van der Waals surface area contributed by atoms with Gasteiger partial charge in [0.15, 0.2) is 0 Å². The fraction of sp³-hybridized carbons (Fsp3) is 0.538. The number of hydrogen-bond acceptors (Lipinski definition) is 2. The molecule has 0 radical (unpaired) electrons. The van der Waals surface area contributed by atoms with E-state index in [1.807, 2.05) is 0 Å². The molecule has 3 heteroatoms. The third-order valence-electron chi connectivity index (χ3n) is 2.20. The number of nitrogen functional groups attached to an aromatic ring is 1. The van der Waals surface area contributed by atoms with E-state index >= 15 is 0 Å². The molecular formula is C13H22FNO. The van der Waals surface area contributed by atoms with Gasteiger partial charge in [-0.25, -0.2) is 4.39 Å². The summed E-state index contributed by atoms with van der Waals surface area (Å²) in [6, 6.07) is 3.47. The Morgan fingerprint density at radius 2 is 1.69 bits per heavy atom. The summed E-state index contributed by atoms with van der Waals surface area (Å²) in [6.07, 6.45) is 7.01. The molecule has 0 atom stereocenters. The lowest BCUT2D eigenvalue weighted by Crippen LogP contribution is -1.84. The van der Waals surface area contributed by atoms with Crippen LogP contribution >= 0.6 is 0 Å². The Balaban J connectivity index is 0.000000293. The maximum absolute atomic E-state index is 12.1. The molecule has 0 aromatic heterocycles. The zero-order valence-electron chi connectivity index (χ0n) is 10.2. The van der Waals surface area contributed by atoms with Crippen LogP contribution < -0.4 is 5.73 Å². The summed E-state index contributed by atoms with van der Waals surface area (Å²) in [5.41, 5.74) is 5.36. The van der Waals surface area contributed by atoms with E-state index in [0.717, 1.165) is 6.07 Å². The van der Waals surface area contributed by atoms with Crippen molar-refractivity contribution in [3.63, 3.8) is 0 Å². The Hall–Kier alpha value is -1.25. The van der Waals surface area contributed by atoms with Gasteiger partial charge in [-0.1, -0.05) is 46.0 Å². The fourth-order valence-electron chi connectivity index (χ4n) is 1.19. The molecule has 3 N–H and O–H groups in total. The fourth-order valence-corrected chi connectivity index (χ4v) is 1.19. The van der Waals surface area contributed by atoms with Gasteiger partial charge >= 0.3 is 0 Å². The van der Waals surface area contributed by atoms with Crippen molar-refractivity contribution >= 4 is 5.69 Å². The van der Waals surface area contributed by atoms with Gasteiger partial charge in [-0.3, -0.25) is 0 Å². The van der Waals surface area contributed by atoms with Crippen molar-refractivity contribution in [2.75, 3.05) is 5.73 Å². The van der Waals surface area contributed by atoms with E-state index in [0.29, 0.717) is 0 Å². The zero-order chi connectivity index (χ0) is 12.4. The molecule has 0 saturated carbocycles. The van der Waals surface area contributed by atoms with Crippen molar-refractivity contribution in [2.45, 2.75) is 46.0 Å². The minimum atomic E-state index is -0.485. The van der Waals surface area contributed by atoms with Gasteiger partial charge in [0.25, 0.3) is 0 Å². The Bertz CT molecular complexity index is 285. The first-order chi connectivity index (χ1) is 7.61. The summed E-state index contributed by atoms with van der Waals surface area (Å²) in [5, 5.41) is 8.74. The van der Waals surface area contributed by atoms with E-state index in [1.54, 1.807) is 0 Å². The maximum atomic E-state index is 12.1. The number of phenols is 1. The van der Waals surface area contributed by atoms with Crippen molar-refractivity contribution in [3.05, 3.63) is 24.0 Å². The Morgan fingerprint density at radius 3 is 2.06 bits per heavy atom. The molecule has 92 valence electrons. The molecule has 1 rings (SSSR count). The number of rotatable bonds is 4. The lowest BCUT2D eigenvalue weighted by Gasteiger charge is -1.94. The molecule has 0 fully saturated rings. The Morgan fingerprint density at radius 1 is 1.12 bits per heavy atom. The molecule has 0 aliphatic rings. The van der Waals surface area contributed by atoms with Gasteiger partial charge in [-0.2, -0.15) is 0 Å². The van der Waals surface area contributed by atoms with E-state index in [1.165, 1.54) is 44.2 Å². The average Bonchev–Trinajstić information content (AvgIpc) is 2.26. The van der Waals surface area contributed by atoms with E-state index in [-0.39, 0.29) is 11.4 Å². The van der Waals surface area contributed by atoms with Crippen molar-refractivity contribution in [1.82, 2.24) is 0 Å². The van der Waals surface area contributed by atoms with Crippen LogP contribution in [0, 0.1) is 5.82 Å². The lowest BCUT2D eigenvalue weighted by molar-refractivity contribution is 0.472. The molecule has 0 saturated heterocycles. The van der Waals surface area contributed by atoms with Crippen molar-refractivity contribution in [3.8, 4) is 5.75 Å². The van der Waals surface area contributed by atoms with Crippen molar-refractivity contribution in [1.29, 1.82) is 0 Å². The van der Waals surface area contributed by atoms with Crippen LogP contribution in [0.2, 0.25) is 0 Å². The van der Waals surface area contributed by atoms with E-state index in [9.17, 15) is 4.39 Å². The highest BCUT2D eigenvalue weighted by Crippen LogP contribution is 2.18. The minimum absolute atomic E-state index is 0.191. The first-order valence-corrected chi connectivity index (χ1v) is 5.85. The number of halogens is 1. The van der Waals surface area contributed by atoms with Gasteiger partial charge in [0.05, 0.1) is 5.69 Å². The largest absolute Gasteiger partial charge is 0.506 e. The number of phenolic OH excluding ortho intramolecular Hbond substituents is 1. The molecular weight excluding hydrogens is 205 g/mol. The Kier molecular flexibility index (Phi) is 8.31. The van der Waals surface area contributed by atoms with Crippen LogP contribution in [0.15, 0.2) is 18.2 Å². The summed E-state index contributed by atoms with van der Waals surface area (Å²) in [7, 11) is 0. The van der Waals surface area contributed by atoms with E-state index in [4.69, 9.17) is 10.8 Å². The molecule has 0 aliphatic carbocycles. The standard InChI is InChI=1S/C7H16.C6H6FNO/c1-3-5-7-6-4-2;7-4-1-2-5(8)6(9)3-4/h3-7H2,1-2H3;1-3,9H,8H2. The van der Waals surface area contributed by atoms with Gasteiger partial charge in [0.2, 0.25) is 0 Å². The predicted octanol–water partition coefficient (Wildman–Crippen LogP) is 4.09. The molecule has 0 spiro atoms. The summed E-state index contributed by atoms with van der Waals surface area (Å²) >= 11 is 0. The van der Waals surface area contributed by atoms with Crippen LogP contribution in [0.3, 0.4) is 0 Å². The van der Waals surface area contributed by atoms with E-state index in [2.05, 4.69) is 13.8 Å². The SMILES string of the molecule is CCCCCCC.Nc1ccc(F)cc1O.